The Morgan fingerprint density at radius 1 is 1.05 bits per heavy atom. The quantitative estimate of drug-likeness (QED) is 0.546. The third kappa shape index (κ3) is 2.31. The summed E-state index contributed by atoms with van der Waals surface area (Å²) < 4.78 is 10.5. The Kier molecular flexibility index (Phi) is 3.28. The summed E-state index contributed by atoms with van der Waals surface area (Å²) in [5.41, 5.74) is 0.186. The van der Waals surface area contributed by atoms with Crippen molar-refractivity contribution in [1.82, 2.24) is 0 Å². The Morgan fingerprint density at radius 2 is 1.81 bits per heavy atom. The molecule has 0 unspecified atom stereocenters. The molecule has 0 atom stereocenters. The average Bonchev–Trinajstić information content (AvgIpc) is 2.53. The molecule has 0 aliphatic rings. The van der Waals surface area contributed by atoms with Crippen molar-refractivity contribution < 1.29 is 13.9 Å². The minimum atomic E-state index is -0.649. The van der Waals surface area contributed by atoms with E-state index in [1.54, 1.807) is 42.5 Å². The number of rotatable bonds is 3. The summed E-state index contributed by atoms with van der Waals surface area (Å²) in [4.78, 5) is 24.4. The van der Waals surface area contributed by atoms with Gasteiger partial charge in [-0.05, 0) is 18.2 Å². The maximum atomic E-state index is 12.4. The molecule has 3 rings (SSSR count). The standard InChI is InChI=1S/C17H12O4/c1-20-14-8-5-9-15-12(14)10-13(17(19)21-15)16(18)11-6-3-2-4-7-11/h2-10H,1H3. The van der Waals surface area contributed by atoms with E-state index in [0.717, 1.165) is 0 Å². The summed E-state index contributed by atoms with van der Waals surface area (Å²) in [5, 5.41) is 0.596. The van der Waals surface area contributed by atoms with Crippen LogP contribution in [0, 0.1) is 0 Å². The maximum Gasteiger partial charge on any atom is 0.347 e. The zero-order chi connectivity index (χ0) is 14.8. The van der Waals surface area contributed by atoms with Gasteiger partial charge in [-0.15, -0.1) is 0 Å². The highest BCUT2D eigenvalue weighted by Crippen LogP contribution is 2.25. The predicted molar refractivity (Wildman–Crippen MR) is 78.9 cm³/mol. The van der Waals surface area contributed by atoms with Crippen molar-refractivity contribution in [3.63, 3.8) is 0 Å². The third-order valence-corrected chi connectivity index (χ3v) is 3.24. The van der Waals surface area contributed by atoms with E-state index in [0.29, 0.717) is 22.3 Å². The van der Waals surface area contributed by atoms with E-state index in [9.17, 15) is 9.59 Å². The molecule has 21 heavy (non-hydrogen) atoms. The number of carbonyl (C=O) groups is 1. The zero-order valence-electron chi connectivity index (χ0n) is 11.3. The minimum Gasteiger partial charge on any atom is -0.496 e. The van der Waals surface area contributed by atoms with Gasteiger partial charge in [0.25, 0.3) is 0 Å². The van der Waals surface area contributed by atoms with Crippen LogP contribution in [-0.4, -0.2) is 12.9 Å². The maximum absolute atomic E-state index is 12.4. The lowest BCUT2D eigenvalue weighted by Crippen LogP contribution is -2.14. The van der Waals surface area contributed by atoms with Gasteiger partial charge in [0.15, 0.2) is 5.78 Å². The van der Waals surface area contributed by atoms with Crippen molar-refractivity contribution in [2.75, 3.05) is 7.11 Å². The zero-order valence-corrected chi connectivity index (χ0v) is 11.3. The van der Waals surface area contributed by atoms with Crippen LogP contribution in [0.25, 0.3) is 11.0 Å². The molecule has 1 aromatic heterocycles. The van der Waals surface area contributed by atoms with Gasteiger partial charge in [-0.25, -0.2) is 4.79 Å². The molecule has 0 amide bonds. The molecule has 0 aliphatic heterocycles. The van der Waals surface area contributed by atoms with E-state index in [2.05, 4.69) is 0 Å². The highest BCUT2D eigenvalue weighted by Gasteiger charge is 2.16. The van der Waals surface area contributed by atoms with Crippen LogP contribution in [-0.2, 0) is 0 Å². The van der Waals surface area contributed by atoms with Gasteiger partial charge < -0.3 is 9.15 Å². The lowest BCUT2D eigenvalue weighted by Gasteiger charge is -2.06. The molecule has 4 heteroatoms. The van der Waals surface area contributed by atoms with Crippen molar-refractivity contribution in [2.45, 2.75) is 0 Å². The molecular formula is C17H12O4. The molecule has 0 saturated carbocycles. The summed E-state index contributed by atoms with van der Waals surface area (Å²) in [5.74, 6) is 0.190. The Bertz CT molecular complexity index is 863. The fraction of sp³-hybridized carbons (Fsp3) is 0.0588. The van der Waals surface area contributed by atoms with Gasteiger partial charge in [-0.1, -0.05) is 36.4 Å². The monoisotopic (exact) mass is 280 g/mol. The highest BCUT2D eigenvalue weighted by molar-refractivity contribution is 6.10. The second kappa shape index (κ2) is 5.25. The Morgan fingerprint density at radius 3 is 2.52 bits per heavy atom. The molecule has 0 bridgehead atoms. The van der Waals surface area contributed by atoms with E-state index < -0.39 is 5.63 Å². The van der Waals surface area contributed by atoms with Gasteiger partial charge >= 0.3 is 5.63 Å². The van der Waals surface area contributed by atoms with Crippen LogP contribution in [0.2, 0.25) is 0 Å². The Balaban J connectivity index is 2.21. The van der Waals surface area contributed by atoms with E-state index in [1.807, 2.05) is 6.07 Å². The minimum absolute atomic E-state index is 0.00167. The normalized spacial score (nSPS) is 10.5. The second-order valence-corrected chi connectivity index (χ2v) is 4.51. The first-order valence-electron chi connectivity index (χ1n) is 6.41. The number of benzene rings is 2. The second-order valence-electron chi connectivity index (χ2n) is 4.51. The van der Waals surface area contributed by atoms with E-state index >= 15 is 0 Å². The van der Waals surface area contributed by atoms with Crippen LogP contribution in [0.4, 0.5) is 0 Å². The third-order valence-electron chi connectivity index (χ3n) is 3.24. The van der Waals surface area contributed by atoms with Gasteiger partial charge in [-0.3, -0.25) is 4.79 Å². The summed E-state index contributed by atoms with van der Waals surface area (Å²) in [6.45, 7) is 0. The van der Waals surface area contributed by atoms with Crippen LogP contribution >= 0.6 is 0 Å². The predicted octanol–water partition coefficient (Wildman–Crippen LogP) is 3.03. The molecular weight excluding hydrogens is 268 g/mol. The van der Waals surface area contributed by atoms with Crippen molar-refractivity contribution in [3.8, 4) is 5.75 Å². The summed E-state index contributed by atoms with van der Waals surface area (Å²) in [6, 6.07) is 15.3. The summed E-state index contributed by atoms with van der Waals surface area (Å²) in [6.07, 6.45) is 0. The largest absolute Gasteiger partial charge is 0.496 e. The Hall–Kier alpha value is -2.88. The fourth-order valence-corrected chi connectivity index (χ4v) is 2.19. The number of hydrogen-bond acceptors (Lipinski definition) is 4. The summed E-state index contributed by atoms with van der Waals surface area (Å²) >= 11 is 0. The SMILES string of the molecule is COc1cccc2oc(=O)c(C(=O)c3ccccc3)cc12. The molecule has 0 fully saturated rings. The molecule has 3 aromatic rings. The van der Waals surface area contributed by atoms with Crippen molar-refractivity contribution in [1.29, 1.82) is 0 Å². The van der Waals surface area contributed by atoms with Gasteiger partial charge in [0.05, 0.1) is 12.5 Å². The van der Waals surface area contributed by atoms with Crippen molar-refractivity contribution >= 4 is 16.8 Å². The van der Waals surface area contributed by atoms with E-state index in [1.165, 1.54) is 13.2 Å². The van der Waals surface area contributed by atoms with Crippen LogP contribution < -0.4 is 10.4 Å². The van der Waals surface area contributed by atoms with Crippen molar-refractivity contribution in [3.05, 3.63) is 76.1 Å². The first-order valence-corrected chi connectivity index (χ1v) is 6.41. The lowest BCUT2D eigenvalue weighted by atomic mass is 10.0. The molecule has 0 N–H and O–H groups in total. The molecule has 0 radical (unpaired) electrons. The lowest BCUT2D eigenvalue weighted by molar-refractivity contribution is 0.103. The van der Waals surface area contributed by atoms with Crippen LogP contribution in [0.5, 0.6) is 5.75 Å². The molecule has 0 saturated heterocycles. The van der Waals surface area contributed by atoms with Crippen molar-refractivity contribution in [2.24, 2.45) is 0 Å². The van der Waals surface area contributed by atoms with Gasteiger partial charge in [-0.2, -0.15) is 0 Å². The first kappa shape index (κ1) is 13.1. The smallest absolute Gasteiger partial charge is 0.347 e. The molecule has 0 spiro atoms. The number of ketones is 1. The highest BCUT2D eigenvalue weighted by atomic mass is 16.5. The molecule has 104 valence electrons. The number of methoxy groups -OCH3 is 1. The Labute approximate surface area is 120 Å². The van der Waals surface area contributed by atoms with Gasteiger partial charge in [0.1, 0.15) is 16.9 Å². The van der Waals surface area contributed by atoms with Gasteiger partial charge in [0, 0.05) is 5.56 Å². The topological polar surface area (TPSA) is 56.5 Å². The molecule has 4 nitrogen and oxygen atoms in total. The van der Waals surface area contributed by atoms with Crippen LogP contribution in [0.15, 0.2) is 63.8 Å². The van der Waals surface area contributed by atoms with E-state index in [4.69, 9.17) is 9.15 Å². The first-order chi connectivity index (χ1) is 10.2. The molecule has 1 heterocycles. The number of hydrogen-bond donors (Lipinski definition) is 0. The average molecular weight is 280 g/mol. The molecule has 0 aliphatic carbocycles. The number of ether oxygens (including phenoxy) is 1. The summed E-state index contributed by atoms with van der Waals surface area (Å²) in [7, 11) is 1.53. The molecule has 2 aromatic carbocycles. The van der Waals surface area contributed by atoms with Crippen LogP contribution in [0.3, 0.4) is 0 Å². The number of carbonyl (C=O) groups excluding carboxylic acids is 1. The van der Waals surface area contributed by atoms with Gasteiger partial charge in [0.2, 0.25) is 0 Å². The number of fused-ring (bicyclic) bond motifs is 1. The van der Waals surface area contributed by atoms with Crippen LogP contribution in [0.1, 0.15) is 15.9 Å². The fourth-order valence-electron chi connectivity index (χ4n) is 2.19. The van der Waals surface area contributed by atoms with E-state index in [-0.39, 0.29) is 11.3 Å².